The summed E-state index contributed by atoms with van der Waals surface area (Å²) in [5.74, 6) is 1.80. The molecule has 0 spiro atoms. The molecule has 0 saturated heterocycles. The SMILES string of the molecule is CCNC(=NCCc1cccs1)NCCc1nnc2ccccn12.I. The quantitative estimate of drug-likeness (QED) is 0.317. The molecule has 6 nitrogen and oxygen atoms in total. The Kier molecular flexibility index (Phi) is 8.13. The van der Waals surface area contributed by atoms with Gasteiger partial charge in [-0.15, -0.1) is 45.5 Å². The zero-order valence-electron chi connectivity index (χ0n) is 14.2. The third-order valence-corrected chi connectivity index (χ3v) is 4.51. The van der Waals surface area contributed by atoms with E-state index in [9.17, 15) is 0 Å². The second kappa shape index (κ2) is 10.3. The van der Waals surface area contributed by atoms with Crippen molar-refractivity contribution in [1.82, 2.24) is 25.2 Å². The van der Waals surface area contributed by atoms with Crippen LogP contribution >= 0.6 is 35.3 Å². The van der Waals surface area contributed by atoms with E-state index in [1.54, 1.807) is 11.3 Å². The lowest BCUT2D eigenvalue weighted by molar-refractivity contribution is 0.762. The van der Waals surface area contributed by atoms with Gasteiger partial charge in [-0.1, -0.05) is 12.1 Å². The van der Waals surface area contributed by atoms with Crippen LogP contribution in [0.5, 0.6) is 0 Å². The smallest absolute Gasteiger partial charge is 0.191 e. The Hall–Kier alpha value is -1.68. The second-order valence-electron chi connectivity index (χ2n) is 5.31. The molecule has 3 rings (SSSR count). The minimum absolute atomic E-state index is 0. The van der Waals surface area contributed by atoms with Crippen molar-refractivity contribution in [2.24, 2.45) is 4.99 Å². The van der Waals surface area contributed by atoms with E-state index in [4.69, 9.17) is 0 Å². The Bertz CT molecular complexity index is 783. The zero-order valence-corrected chi connectivity index (χ0v) is 17.3. The summed E-state index contributed by atoms with van der Waals surface area (Å²) in [7, 11) is 0. The molecule has 25 heavy (non-hydrogen) atoms. The molecule has 8 heteroatoms. The minimum atomic E-state index is 0. The van der Waals surface area contributed by atoms with Gasteiger partial charge in [0.25, 0.3) is 0 Å². The van der Waals surface area contributed by atoms with Gasteiger partial charge in [0, 0.05) is 43.5 Å². The van der Waals surface area contributed by atoms with Crippen molar-refractivity contribution >= 4 is 46.9 Å². The van der Waals surface area contributed by atoms with E-state index < -0.39 is 0 Å². The summed E-state index contributed by atoms with van der Waals surface area (Å²) in [5.41, 5.74) is 0.879. The molecule has 0 fully saturated rings. The Morgan fingerprint density at radius 2 is 2.08 bits per heavy atom. The number of pyridine rings is 1. The summed E-state index contributed by atoms with van der Waals surface area (Å²) in [5, 5.41) is 17.2. The summed E-state index contributed by atoms with van der Waals surface area (Å²) < 4.78 is 2.02. The second-order valence-corrected chi connectivity index (χ2v) is 6.34. The lowest BCUT2D eigenvalue weighted by Crippen LogP contribution is -2.38. The van der Waals surface area contributed by atoms with Gasteiger partial charge >= 0.3 is 0 Å². The molecule has 0 bridgehead atoms. The van der Waals surface area contributed by atoms with Crippen LogP contribution < -0.4 is 10.6 Å². The zero-order chi connectivity index (χ0) is 16.6. The molecule has 0 unspecified atom stereocenters. The Morgan fingerprint density at radius 3 is 2.88 bits per heavy atom. The van der Waals surface area contributed by atoms with Crippen molar-refractivity contribution in [1.29, 1.82) is 0 Å². The number of hydrogen-bond acceptors (Lipinski definition) is 4. The highest BCUT2D eigenvalue weighted by Crippen LogP contribution is 2.08. The molecule has 3 aromatic heterocycles. The topological polar surface area (TPSA) is 66.6 Å². The molecule has 0 aliphatic rings. The Labute approximate surface area is 168 Å². The van der Waals surface area contributed by atoms with Crippen molar-refractivity contribution in [2.75, 3.05) is 19.6 Å². The maximum absolute atomic E-state index is 4.63. The van der Waals surface area contributed by atoms with E-state index in [1.165, 1.54) is 4.88 Å². The van der Waals surface area contributed by atoms with Gasteiger partial charge in [0.1, 0.15) is 5.82 Å². The molecular formula is C17H23IN6S. The van der Waals surface area contributed by atoms with Crippen molar-refractivity contribution < 1.29 is 0 Å². The van der Waals surface area contributed by atoms with Gasteiger partial charge in [-0.3, -0.25) is 9.39 Å². The molecule has 2 N–H and O–H groups in total. The van der Waals surface area contributed by atoms with Crippen LogP contribution in [-0.2, 0) is 12.8 Å². The van der Waals surface area contributed by atoms with E-state index in [1.807, 2.05) is 28.8 Å². The predicted octanol–water partition coefficient (Wildman–Crippen LogP) is 2.75. The highest BCUT2D eigenvalue weighted by atomic mass is 127. The highest BCUT2D eigenvalue weighted by Gasteiger charge is 2.04. The Balaban J connectivity index is 0.00000225. The number of thiophene rings is 1. The number of hydrogen-bond donors (Lipinski definition) is 2. The molecule has 0 atom stereocenters. The molecule has 0 aromatic carbocycles. The first kappa shape index (κ1) is 19.6. The summed E-state index contributed by atoms with van der Waals surface area (Å²) >= 11 is 1.78. The number of nitrogens with zero attached hydrogens (tertiary/aromatic N) is 4. The average molecular weight is 470 g/mol. The first-order chi connectivity index (χ1) is 11.9. The van der Waals surface area contributed by atoms with Crippen molar-refractivity contribution in [2.45, 2.75) is 19.8 Å². The van der Waals surface area contributed by atoms with E-state index >= 15 is 0 Å². The number of aliphatic imine (C=N–C) groups is 1. The maximum atomic E-state index is 4.63. The van der Waals surface area contributed by atoms with Gasteiger partial charge in [0.15, 0.2) is 11.6 Å². The normalized spacial score (nSPS) is 11.3. The van der Waals surface area contributed by atoms with Crippen molar-refractivity contribution in [3.8, 4) is 0 Å². The van der Waals surface area contributed by atoms with Crippen LogP contribution in [0.2, 0.25) is 0 Å². The predicted molar refractivity (Wildman–Crippen MR) is 114 cm³/mol. The van der Waals surface area contributed by atoms with Gasteiger partial charge in [0.2, 0.25) is 0 Å². The van der Waals surface area contributed by atoms with Gasteiger partial charge in [0.05, 0.1) is 0 Å². The Morgan fingerprint density at radius 1 is 1.16 bits per heavy atom. The first-order valence-electron chi connectivity index (χ1n) is 8.20. The van der Waals surface area contributed by atoms with Gasteiger partial charge in [-0.2, -0.15) is 0 Å². The van der Waals surface area contributed by atoms with E-state index in [0.717, 1.165) is 49.9 Å². The van der Waals surface area contributed by atoms with Crippen LogP contribution in [0.1, 0.15) is 17.6 Å². The van der Waals surface area contributed by atoms with Gasteiger partial charge in [-0.25, -0.2) is 0 Å². The summed E-state index contributed by atoms with van der Waals surface area (Å²) in [6.45, 7) is 4.46. The molecule has 0 aliphatic carbocycles. The maximum Gasteiger partial charge on any atom is 0.191 e. The molecule has 0 aliphatic heterocycles. The summed E-state index contributed by atoms with van der Waals surface area (Å²) in [4.78, 5) is 5.99. The van der Waals surface area contributed by atoms with Crippen molar-refractivity contribution in [3.63, 3.8) is 0 Å². The van der Waals surface area contributed by atoms with Crippen LogP contribution in [0.25, 0.3) is 5.65 Å². The summed E-state index contributed by atoms with van der Waals surface area (Å²) in [6, 6.07) is 10.1. The fourth-order valence-electron chi connectivity index (χ4n) is 2.43. The molecule has 0 radical (unpaired) electrons. The number of guanidine groups is 1. The van der Waals surface area contributed by atoms with Crippen LogP contribution in [0.15, 0.2) is 46.9 Å². The lowest BCUT2D eigenvalue weighted by Gasteiger charge is -2.10. The van der Waals surface area contributed by atoms with Crippen molar-refractivity contribution in [3.05, 3.63) is 52.6 Å². The van der Waals surface area contributed by atoms with Crippen LogP contribution in [0, 0.1) is 0 Å². The van der Waals surface area contributed by atoms with E-state index in [-0.39, 0.29) is 24.0 Å². The lowest BCUT2D eigenvalue weighted by atomic mass is 10.3. The average Bonchev–Trinajstić information content (AvgIpc) is 3.25. The molecule has 0 saturated carbocycles. The van der Waals surface area contributed by atoms with Gasteiger partial charge < -0.3 is 10.6 Å². The van der Waals surface area contributed by atoms with Crippen LogP contribution in [-0.4, -0.2) is 40.2 Å². The van der Waals surface area contributed by atoms with Crippen LogP contribution in [0.3, 0.4) is 0 Å². The highest BCUT2D eigenvalue weighted by molar-refractivity contribution is 14.0. The van der Waals surface area contributed by atoms with E-state index in [0.29, 0.717) is 0 Å². The number of halogens is 1. The molecule has 3 heterocycles. The monoisotopic (exact) mass is 470 g/mol. The van der Waals surface area contributed by atoms with Gasteiger partial charge in [-0.05, 0) is 30.5 Å². The number of aromatic nitrogens is 3. The minimum Gasteiger partial charge on any atom is -0.357 e. The molecule has 3 aromatic rings. The number of rotatable bonds is 7. The third-order valence-electron chi connectivity index (χ3n) is 3.58. The first-order valence-corrected chi connectivity index (χ1v) is 9.08. The number of nitrogens with one attached hydrogen (secondary N) is 2. The third kappa shape index (κ3) is 5.67. The molecule has 134 valence electrons. The fraction of sp³-hybridized carbons (Fsp3) is 0.353. The van der Waals surface area contributed by atoms with Crippen LogP contribution in [0.4, 0.5) is 0 Å². The molecular weight excluding hydrogens is 447 g/mol. The standard InChI is InChI=1S/C17H22N6S.HI/c1-2-18-17(19-10-8-14-6-5-13-24-14)20-11-9-16-22-21-15-7-3-4-12-23(15)16;/h3-7,12-13H,2,8-11H2,1H3,(H2,18,19,20);1H. The fourth-order valence-corrected chi connectivity index (χ4v) is 3.13. The largest absolute Gasteiger partial charge is 0.357 e. The molecule has 0 amide bonds. The van der Waals surface area contributed by atoms with E-state index in [2.05, 4.69) is 50.3 Å². The number of fused-ring (bicyclic) bond motifs is 1. The summed E-state index contributed by atoms with van der Waals surface area (Å²) in [6.07, 6.45) is 3.76.